The lowest BCUT2D eigenvalue weighted by Crippen LogP contribution is -2.04. The Hall–Kier alpha value is -1.35. The van der Waals surface area contributed by atoms with Crippen LogP contribution in [0.3, 0.4) is 0 Å². The molecule has 1 N–H and O–H groups in total. The number of hydrogen-bond donors (Lipinski definition) is 1. The Morgan fingerprint density at radius 3 is 2.93 bits per heavy atom. The van der Waals surface area contributed by atoms with E-state index in [0.29, 0.717) is 5.75 Å². The van der Waals surface area contributed by atoms with Gasteiger partial charge in [0.2, 0.25) is 0 Å². The van der Waals surface area contributed by atoms with Crippen molar-refractivity contribution in [1.82, 2.24) is 5.32 Å². The molecule has 1 aliphatic heterocycles. The van der Waals surface area contributed by atoms with E-state index in [0.717, 1.165) is 25.1 Å². The van der Waals surface area contributed by atoms with Gasteiger partial charge in [-0.1, -0.05) is 17.7 Å². The third-order valence-corrected chi connectivity index (χ3v) is 2.52. The van der Waals surface area contributed by atoms with Gasteiger partial charge in [-0.05, 0) is 30.7 Å². The van der Waals surface area contributed by atoms with Crippen molar-refractivity contribution in [3.63, 3.8) is 0 Å². The van der Waals surface area contributed by atoms with Crippen molar-refractivity contribution in [2.24, 2.45) is 0 Å². The second kappa shape index (κ2) is 4.45. The molecule has 1 aromatic rings. The molecule has 0 saturated carbocycles. The average Bonchev–Trinajstić information content (AvgIpc) is 2.71. The molecule has 0 spiro atoms. The van der Waals surface area contributed by atoms with E-state index in [9.17, 15) is 4.39 Å². The van der Waals surface area contributed by atoms with Crippen LogP contribution in [0.1, 0.15) is 12.0 Å². The molecule has 1 heterocycles. The Morgan fingerprint density at radius 1 is 1.47 bits per heavy atom. The monoisotopic (exact) mass is 207 g/mol. The quantitative estimate of drug-likeness (QED) is 0.802. The van der Waals surface area contributed by atoms with Crippen LogP contribution in [0.25, 0.3) is 6.08 Å². The number of nitrogens with one attached hydrogen (secondary N) is 1. The fourth-order valence-electron chi connectivity index (χ4n) is 1.72. The standard InChI is InChI=1S/C12H14FNO/c1-15-12-3-2-9(7-11(12)13)6-10-4-5-14-8-10/h2-3,6-7,14H,4-5,8H2,1H3. The minimum Gasteiger partial charge on any atom is -0.494 e. The maximum atomic E-state index is 13.4. The van der Waals surface area contributed by atoms with Gasteiger partial charge in [0.15, 0.2) is 11.6 Å². The van der Waals surface area contributed by atoms with Crippen LogP contribution >= 0.6 is 0 Å². The molecule has 1 saturated heterocycles. The van der Waals surface area contributed by atoms with Crippen molar-refractivity contribution in [3.05, 3.63) is 35.2 Å². The maximum absolute atomic E-state index is 13.4. The van der Waals surface area contributed by atoms with Gasteiger partial charge in [0.1, 0.15) is 0 Å². The summed E-state index contributed by atoms with van der Waals surface area (Å²) in [6, 6.07) is 5.03. The van der Waals surface area contributed by atoms with E-state index >= 15 is 0 Å². The molecule has 0 atom stereocenters. The third kappa shape index (κ3) is 2.36. The van der Waals surface area contributed by atoms with E-state index in [1.54, 1.807) is 6.07 Å². The summed E-state index contributed by atoms with van der Waals surface area (Å²) in [5, 5.41) is 3.24. The molecule has 0 unspecified atom stereocenters. The first kappa shape index (κ1) is 10.2. The summed E-state index contributed by atoms with van der Waals surface area (Å²) in [4.78, 5) is 0. The largest absolute Gasteiger partial charge is 0.494 e. The van der Waals surface area contributed by atoms with Gasteiger partial charge in [0.05, 0.1) is 7.11 Å². The summed E-state index contributed by atoms with van der Waals surface area (Å²) < 4.78 is 18.2. The highest BCUT2D eigenvalue weighted by Gasteiger charge is 2.06. The zero-order valence-electron chi connectivity index (χ0n) is 8.72. The zero-order valence-corrected chi connectivity index (χ0v) is 8.72. The van der Waals surface area contributed by atoms with Crippen molar-refractivity contribution in [2.75, 3.05) is 20.2 Å². The van der Waals surface area contributed by atoms with E-state index in [1.165, 1.54) is 18.7 Å². The fourth-order valence-corrected chi connectivity index (χ4v) is 1.72. The van der Waals surface area contributed by atoms with Gasteiger partial charge in [-0.3, -0.25) is 0 Å². The van der Waals surface area contributed by atoms with Crippen molar-refractivity contribution in [1.29, 1.82) is 0 Å². The first-order valence-electron chi connectivity index (χ1n) is 5.03. The lowest BCUT2D eigenvalue weighted by Gasteiger charge is -2.02. The number of methoxy groups -OCH3 is 1. The van der Waals surface area contributed by atoms with Gasteiger partial charge in [0.25, 0.3) is 0 Å². The topological polar surface area (TPSA) is 21.3 Å². The number of halogens is 1. The number of ether oxygens (including phenoxy) is 1. The van der Waals surface area contributed by atoms with Crippen LogP contribution in [0, 0.1) is 5.82 Å². The first-order valence-corrected chi connectivity index (χ1v) is 5.03. The van der Waals surface area contributed by atoms with Crippen LogP contribution in [0.15, 0.2) is 23.8 Å². The van der Waals surface area contributed by atoms with Crippen molar-refractivity contribution in [2.45, 2.75) is 6.42 Å². The van der Waals surface area contributed by atoms with Crippen LogP contribution < -0.4 is 10.1 Å². The molecule has 3 heteroatoms. The van der Waals surface area contributed by atoms with Gasteiger partial charge in [-0.2, -0.15) is 0 Å². The lowest BCUT2D eigenvalue weighted by atomic mass is 10.1. The summed E-state index contributed by atoms with van der Waals surface area (Å²) in [7, 11) is 1.47. The zero-order chi connectivity index (χ0) is 10.7. The average molecular weight is 207 g/mol. The Labute approximate surface area is 88.8 Å². The molecule has 0 bridgehead atoms. The molecule has 0 radical (unpaired) electrons. The molecule has 1 fully saturated rings. The first-order chi connectivity index (χ1) is 7.29. The molecule has 1 aliphatic rings. The molecule has 1 aromatic carbocycles. The predicted molar refractivity (Wildman–Crippen MR) is 58.4 cm³/mol. The molecule has 15 heavy (non-hydrogen) atoms. The molecule has 0 aromatic heterocycles. The fraction of sp³-hybridized carbons (Fsp3) is 0.333. The Kier molecular flexibility index (Phi) is 3.02. The highest BCUT2D eigenvalue weighted by Crippen LogP contribution is 2.20. The van der Waals surface area contributed by atoms with Crippen molar-refractivity contribution >= 4 is 6.08 Å². The van der Waals surface area contributed by atoms with Gasteiger partial charge in [-0.25, -0.2) is 4.39 Å². The number of hydrogen-bond acceptors (Lipinski definition) is 2. The Morgan fingerprint density at radius 2 is 2.33 bits per heavy atom. The number of benzene rings is 1. The normalized spacial score (nSPS) is 18.4. The minimum atomic E-state index is -0.308. The summed E-state index contributed by atoms with van der Waals surface area (Å²) in [5.41, 5.74) is 2.21. The summed E-state index contributed by atoms with van der Waals surface area (Å²) in [5.74, 6) is -0.0143. The van der Waals surface area contributed by atoms with E-state index < -0.39 is 0 Å². The second-order valence-corrected chi connectivity index (χ2v) is 3.62. The SMILES string of the molecule is COc1ccc(C=C2CCNC2)cc1F. The summed E-state index contributed by atoms with van der Waals surface area (Å²) in [6.45, 7) is 1.93. The van der Waals surface area contributed by atoms with Crippen LogP contribution in [-0.2, 0) is 0 Å². The predicted octanol–water partition coefficient (Wildman–Crippen LogP) is 2.21. The molecule has 2 nitrogen and oxygen atoms in total. The molecular weight excluding hydrogens is 193 g/mol. The highest BCUT2D eigenvalue weighted by molar-refractivity contribution is 5.55. The lowest BCUT2D eigenvalue weighted by molar-refractivity contribution is 0.386. The van der Waals surface area contributed by atoms with E-state index in [-0.39, 0.29) is 5.82 Å². The van der Waals surface area contributed by atoms with Gasteiger partial charge in [-0.15, -0.1) is 0 Å². The molecular formula is C12H14FNO. The molecule has 0 amide bonds. The van der Waals surface area contributed by atoms with Crippen LogP contribution in [-0.4, -0.2) is 20.2 Å². The van der Waals surface area contributed by atoms with Crippen LogP contribution in [0.4, 0.5) is 4.39 Å². The number of rotatable bonds is 2. The van der Waals surface area contributed by atoms with Gasteiger partial charge >= 0.3 is 0 Å². The molecule has 2 rings (SSSR count). The van der Waals surface area contributed by atoms with Crippen LogP contribution in [0.5, 0.6) is 5.75 Å². The Balaban J connectivity index is 2.22. The Bertz CT molecular complexity index is 379. The van der Waals surface area contributed by atoms with E-state index in [2.05, 4.69) is 5.32 Å². The van der Waals surface area contributed by atoms with E-state index in [1.807, 2.05) is 12.1 Å². The van der Waals surface area contributed by atoms with Crippen LogP contribution in [0.2, 0.25) is 0 Å². The minimum absolute atomic E-state index is 0.293. The highest BCUT2D eigenvalue weighted by atomic mass is 19.1. The van der Waals surface area contributed by atoms with Gasteiger partial charge < -0.3 is 10.1 Å². The van der Waals surface area contributed by atoms with E-state index in [4.69, 9.17) is 4.74 Å². The second-order valence-electron chi connectivity index (χ2n) is 3.62. The molecule has 0 aliphatic carbocycles. The molecule has 80 valence electrons. The third-order valence-electron chi connectivity index (χ3n) is 2.52. The van der Waals surface area contributed by atoms with Crippen molar-refractivity contribution < 1.29 is 9.13 Å². The maximum Gasteiger partial charge on any atom is 0.165 e. The van der Waals surface area contributed by atoms with Gasteiger partial charge in [0, 0.05) is 6.54 Å². The van der Waals surface area contributed by atoms with Crippen molar-refractivity contribution in [3.8, 4) is 5.75 Å². The summed E-state index contributed by atoms with van der Waals surface area (Å²) >= 11 is 0. The summed E-state index contributed by atoms with van der Waals surface area (Å²) in [6.07, 6.45) is 3.08. The smallest absolute Gasteiger partial charge is 0.165 e.